The molecule has 0 bridgehead atoms. The number of ether oxygens (including phenoxy) is 2. The van der Waals surface area contributed by atoms with E-state index in [1.807, 2.05) is 13.8 Å². The molecule has 0 aliphatic rings. The van der Waals surface area contributed by atoms with Gasteiger partial charge in [-0.15, -0.1) is 0 Å². The Balaban J connectivity index is 1.97. The van der Waals surface area contributed by atoms with Crippen LogP contribution in [0.2, 0.25) is 0 Å². The lowest BCUT2D eigenvalue weighted by molar-refractivity contribution is -0.117. The van der Waals surface area contributed by atoms with E-state index in [0.717, 1.165) is 5.56 Å². The topological polar surface area (TPSA) is 120 Å². The predicted octanol–water partition coefficient (Wildman–Crippen LogP) is 1.63. The molecule has 8 nitrogen and oxygen atoms in total. The zero-order valence-electron chi connectivity index (χ0n) is 16.5. The second-order valence-electron chi connectivity index (χ2n) is 6.06. The molecule has 2 rings (SSSR count). The summed E-state index contributed by atoms with van der Waals surface area (Å²) in [6.45, 7) is 4.78. The molecular formula is C21H25N3O5. The molecular weight excluding hydrogens is 374 g/mol. The van der Waals surface area contributed by atoms with Crippen LogP contribution >= 0.6 is 0 Å². The van der Waals surface area contributed by atoms with Crippen molar-refractivity contribution in [1.29, 1.82) is 0 Å². The average molecular weight is 399 g/mol. The minimum atomic E-state index is -0.612. The van der Waals surface area contributed by atoms with Crippen LogP contribution in [0.3, 0.4) is 0 Å². The normalized spacial score (nSPS) is 10.1. The van der Waals surface area contributed by atoms with Crippen LogP contribution in [0.25, 0.3) is 0 Å². The lowest BCUT2D eigenvalue weighted by Crippen LogP contribution is -2.33. The first-order chi connectivity index (χ1) is 13.9. The number of rotatable bonds is 10. The van der Waals surface area contributed by atoms with Crippen molar-refractivity contribution in [2.75, 3.05) is 19.8 Å². The summed E-state index contributed by atoms with van der Waals surface area (Å²) in [4.78, 5) is 35.0. The summed E-state index contributed by atoms with van der Waals surface area (Å²) in [5, 5.41) is 5.24. The Labute approximate surface area is 169 Å². The van der Waals surface area contributed by atoms with Crippen LogP contribution in [0.4, 0.5) is 0 Å². The van der Waals surface area contributed by atoms with Gasteiger partial charge in [0.05, 0.1) is 19.8 Å². The Morgan fingerprint density at radius 2 is 1.41 bits per heavy atom. The van der Waals surface area contributed by atoms with Crippen LogP contribution in [0.1, 0.15) is 40.1 Å². The molecule has 0 heterocycles. The number of benzene rings is 2. The molecule has 2 aromatic carbocycles. The molecule has 0 spiro atoms. The second-order valence-corrected chi connectivity index (χ2v) is 6.06. The van der Waals surface area contributed by atoms with Crippen molar-refractivity contribution in [1.82, 2.24) is 10.6 Å². The van der Waals surface area contributed by atoms with E-state index in [1.165, 1.54) is 0 Å². The smallest absolute Gasteiger partial charge is 0.251 e. The molecule has 2 aromatic rings. The fourth-order valence-corrected chi connectivity index (χ4v) is 2.52. The largest absolute Gasteiger partial charge is 0.490 e. The zero-order chi connectivity index (χ0) is 21.2. The van der Waals surface area contributed by atoms with Crippen molar-refractivity contribution in [3.05, 3.63) is 59.2 Å². The fourth-order valence-electron chi connectivity index (χ4n) is 2.52. The molecule has 0 aliphatic carbocycles. The number of nitrogens with one attached hydrogen (secondary N) is 2. The quantitative estimate of drug-likeness (QED) is 0.561. The van der Waals surface area contributed by atoms with Crippen molar-refractivity contribution >= 4 is 17.7 Å². The lowest BCUT2D eigenvalue weighted by atomic mass is 10.1. The van der Waals surface area contributed by atoms with E-state index >= 15 is 0 Å². The van der Waals surface area contributed by atoms with Gasteiger partial charge in [-0.1, -0.05) is 12.1 Å². The number of hydrogen-bond donors (Lipinski definition) is 3. The highest BCUT2D eigenvalue weighted by atomic mass is 16.5. The molecule has 154 valence electrons. The van der Waals surface area contributed by atoms with E-state index in [1.54, 1.807) is 42.5 Å². The molecule has 0 saturated carbocycles. The van der Waals surface area contributed by atoms with Crippen molar-refractivity contribution in [3.8, 4) is 11.5 Å². The molecule has 29 heavy (non-hydrogen) atoms. The molecule has 0 fully saturated rings. The summed E-state index contributed by atoms with van der Waals surface area (Å²) in [6.07, 6.45) is 0. The molecule has 0 unspecified atom stereocenters. The highest BCUT2D eigenvalue weighted by Gasteiger charge is 2.12. The number of carbonyl (C=O) groups excluding carboxylic acids is 3. The van der Waals surface area contributed by atoms with Gasteiger partial charge in [0.25, 0.3) is 11.8 Å². The minimum Gasteiger partial charge on any atom is -0.490 e. The predicted molar refractivity (Wildman–Crippen MR) is 108 cm³/mol. The summed E-state index contributed by atoms with van der Waals surface area (Å²) in [5.41, 5.74) is 6.67. The van der Waals surface area contributed by atoms with Gasteiger partial charge in [0.1, 0.15) is 0 Å². The highest BCUT2D eigenvalue weighted by Crippen LogP contribution is 2.28. The molecule has 4 N–H and O–H groups in total. The summed E-state index contributed by atoms with van der Waals surface area (Å²) in [7, 11) is 0. The summed E-state index contributed by atoms with van der Waals surface area (Å²) in [5.74, 6) is -0.140. The number of carbonyl (C=O) groups is 3. The third kappa shape index (κ3) is 6.53. The third-order valence-electron chi connectivity index (χ3n) is 3.90. The molecule has 0 aliphatic heterocycles. The maximum absolute atomic E-state index is 12.5. The van der Waals surface area contributed by atoms with Gasteiger partial charge in [0.15, 0.2) is 11.5 Å². The molecule has 0 atom stereocenters. The van der Waals surface area contributed by atoms with Crippen LogP contribution < -0.4 is 25.8 Å². The molecule has 3 amide bonds. The summed E-state index contributed by atoms with van der Waals surface area (Å²) in [6, 6.07) is 11.7. The van der Waals surface area contributed by atoms with Crippen molar-refractivity contribution in [2.45, 2.75) is 20.4 Å². The highest BCUT2D eigenvalue weighted by molar-refractivity contribution is 5.96. The lowest BCUT2D eigenvalue weighted by Gasteiger charge is -2.12. The Hall–Kier alpha value is -3.55. The van der Waals surface area contributed by atoms with Crippen LogP contribution in [0, 0.1) is 0 Å². The Morgan fingerprint density at radius 3 is 2.03 bits per heavy atom. The maximum Gasteiger partial charge on any atom is 0.251 e. The Kier molecular flexibility index (Phi) is 8.02. The number of nitrogens with two attached hydrogens (primary N) is 1. The van der Waals surface area contributed by atoms with Gasteiger partial charge in [0.2, 0.25) is 5.91 Å². The van der Waals surface area contributed by atoms with Crippen LogP contribution in [-0.4, -0.2) is 37.5 Å². The van der Waals surface area contributed by atoms with Crippen LogP contribution in [0.15, 0.2) is 42.5 Å². The molecule has 0 saturated heterocycles. The molecule has 0 radical (unpaired) electrons. The maximum atomic E-state index is 12.5. The van der Waals surface area contributed by atoms with E-state index < -0.39 is 11.8 Å². The second kappa shape index (κ2) is 10.7. The number of primary amides is 1. The zero-order valence-corrected chi connectivity index (χ0v) is 16.5. The van der Waals surface area contributed by atoms with E-state index in [0.29, 0.717) is 42.4 Å². The molecule has 8 heteroatoms. The van der Waals surface area contributed by atoms with Gasteiger partial charge in [0, 0.05) is 17.7 Å². The van der Waals surface area contributed by atoms with Crippen LogP contribution in [-0.2, 0) is 11.3 Å². The van der Waals surface area contributed by atoms with Gasteiger partial charge in [-0.2, -0.15) is 0 Å². The van der Waals surface area contributed by atoms with E-state index in [2.05, 4.69) is 10.6 Å². The van der Waals surface area contributed by atoms with Crippen molar-refractivity contribution in [3.63, 3.8) is 0 Å². The monoisotopic (exact) mass is 399 g/mol. The van der Waals surface area contributed by atoms with Gasteiger partial charge >= 0.3 is 0 Å². The number of hydrogen-bond acceptors (Lipinski definition) is 5. The first kappa shape index (κ1) is 21.7. The SMILES string of the molecule is CCOc1ccc(C(=O)NCc2ccc(C(=O)NCC(N)=O)cc2)cc1OCC. The van der Waals surface area contributed by atoms with Gasteiger partial charge in [-0.3, -0.25) is 14.4 Å². The fraction of sp³-hybridized carbons (Fsp3) is 0.286. The van der Waals surface area contributed by atoms with Gasteiger partial charge in [-0.05, 0) is 49.7 Å². The first-order valence-corrected chi connectivity index (χ1v) is 9.27. The van der Waals surface area contributed by atoms with Crippen molar-refractivity contribution in [2.24, 2.45) is 5.73 Å². The minimum absolute atomic E-state index is 0.220. The van der Waals surface area contributed by atoms with Crippen LogP contribution in [0.5, 0.6) is 11.5 Å². The molecule has 0 aromatic heterocycles. The van der Waals surface area contributed by atoms with E-state index in [-0.39, 0.29) is 12.5 Å². The van der Waals surface area contributed by atoms with E-state index in [4.69, 9.17) is 15.2 Å². The van der Waals surface area contributed by atoms with E-state index in [9.17, 15) is 14.4 Å². The summed E-state index contributed by atoms with van der Waals surface area (Å²) < 4.78 is 11.0. The van der Waals surface area contributed by atoms with Crippen molar-refractivity contribution < 1.29 is 23.9 Å². The third-order valence-corrected chi connectivity index (χ3v) is 3.90. The summed E-state index contributed by atoms with van der Waals surface area (Å²) >= 11 is 0. The number of amides is 3. The Morgan fingerprint density at radius 1 is 0.828 bits per heavy atom. The van der Waals surface area contributed by atoms with Gasteiger partial charge < -0.3 is 25.8 Å². The first-order valence-electron chi connectivity index (χ1n) is 9.27. The van der Waals surface area contributed by atoms with Gasteiger partial charge in [-0.25, -0.2) is 0 Å². The standard InChI is InChI=1S/C21H25N3O5/c1-3-28-17-10-9-16(11-18(17)29-4-2)21(27)23-12-14-5-7-15(8-6-14)20(26)24-13-19(22)25/h5-11H,3-4,12-13H2,1-2H3,(H2,22,25)(H,23,27)(H,24,26). The Bertz CT molecular complexity index is 865. The average Bonchev–Trinajstić information content (AvgIpc) is 2.72.